The molecular weight excluding hydrogens is 432 g/mol. The van der Waals surface area contributed by atoms with Crippen LogP contribution in [0.4, 0.5) is 0 Å². The summed E-state index contributed by atoms with van der Waals surface area (Å²) in [6.07, 6.45) is 1.06. The number of thiophene rings is 1. The Morgan fingerprint density at radius 2 is 1.83 bits per heavy atom. The molecule has 1 atom stereocenters. The third kappa shape index (κ3) is 5.11. The van der Waals surface area contributed by atoms with Gasteiger partial charge < -0.3 is 22.5 Å². The Balaban J connectivity index is 0.00000132. The van der Waals surface area contributed by atoms with Crippen molar-refractivity contribution in [3.63, 3.8) is 0 Å². The fourth-order valence-corrected chi connectivity index (χ4v) is 3.25. The Morgan fingerprint density at radius 1 is 1.04 bits per heavy atom. The van der Waals surface area contributed by atoms with E-state index >= 15 is 0 Å². The molecule has 0 bridgehead atoms. The number of fused-ring (bicyclic) bond motifs is 1. The van der Waals surface area contributed by atoms with Gasteiger partial charge in [-0.2, -0.15) is 0 Å². The number of ether oxygens (including phenoxy) is 1. The molecule has 1 N–H and O–H groups in total. The van der Waals surface area contributed by atoms with Crippen LogP contribution in [0.15, 0.2) is 60.0 Å². The van der Waals surface area contributed by atoms with Crippen molar-refractivity contribution in [2.75, 3.05) is 13.6 Å². The van der Waals surface area contributed by atoms with Crippen LogP contribution in [0.3, 0.4) is 0 Å². The molecule has 0 unspecified atom stereocenters. The van der Waals surface area contributed by atoms with E-state index in [9.17, 15) is 0 Å². The Bertz CT molecular complexity index is 700. The standard InChI is InChI=1S/C18H19NOS.ClH.Sn/c1-19-12-11-17(18-10-5-13-21-18)20-16-9-4-7-14-6-2-3-8-15(14)16;;/h2-10,13,17,19H,11-12H2,1H3;1H;/q;;+4/p-1/t17-;;/m0../s1. The zero-order valence-corrected chi connectivity index (χ0v) is 17.4. The van der Waals surface area contributed by atoms with Crippen molar-refractivity contribution in [1.29, 1.82) is 0 Å². The van der Waals surface area contributed by atoms with Crippen LogP contribution in [0.1, 0.15) is 17.4 Å². The smallest absolute Gasteiger partial charge is 1.00 e. The van der Waals surface area contributed by atoms with Gasteiger partial charge in [0.2, 0.25) is 0 Å². The zero-order chi connectivity index (χ0) is 14.5. The molecule has 3 aromatic rings. The SMILES string of the molecule is CNCC[C@H](Oc1cccc2ccccc12)c1cccs1.[Cl-].[Sn+4]. The summed E-state index contributed by atoms with van der Waals surface area (Å²) in [5, 5.41) is 7.70. The van der Waals surface area contributed by atoms with Gasteiger partial charge in [-0.05, 0) is 36.5 Å². The van der Waals surface area contributed by atoms with E-state index in [0.29, 0.717) is 0 Å². The fraction of sp³-hybridized carbons (Fsp3) is 0.222. The van der Waals surface area contributed by atoms with Crippen LogP contribution in [0.2, 0.25) is 0 Å². The molecule has 0 aliphatic heterocycles. The summed E-state index contributed by atoms with van der Waals surface area (Å²) >= 11 is 1.75. The second-order valence-corrected chi connectivity index (χ2v) is 5.97. The topological polar surface area (TPSA) is 21.3 Å². The molecule has 0 saturated heterocycles. The number of halogens is 1. The molecular formula is C18H19ClNOSSn+3. The maximum Gasteiger partial charge on any atom is 4.00 e. The van der Waals surface area contributed by atoms with Crippen molar-refractivity contribution in [2.45, 2.75) is 12.5 Å². The summed E-state index contributed by atoms with van der Waals surface area (Å²) in [4.78, 5) is 1.28. The number of hydrogen-bond acceptors (Lipinski definition) is 3. The molecule has 0 aliphatic carbocycles. The van der Waals surface area contributed by atoms with Crippen molar-refractivity contribution in [2.24, 2.45) is 0 Å². The summed E-state index contributed by atoms with van der Waals surface area (Å²) in [5.41, 5.74) is 0. The van der Waals surface area contributed by atoms with Gasteiger partial charge in [-0.1, -0.05) is 42.5 Å². The molecule has 0 aliphatic rings. The molecule has 0 saturated carbocycles. The van der Waals surface area contributed by atoms with Crippen LogP contribution in [0.5, 0.6) is 5.75 Å². The summed E-state index contributed by atoms with van der Waals surface area (Å²) in [7, 11) is 1.98. The van der Waals surface area contributed by atoms with E-state index in [1.54, 1.807) is 11.3 Å². The van der Waals surface area contributed by atoms with E-state index in [2.05, 4.69) is 65.3 Å². The summed E-state index contributed by atoms with van der Waals surface area (Å²) in [5.74, 6) is 0.961. The van der Waals surface area contributed by atoms with Crippen LogP contribution in [0, 0.1) is 0 Å². The van der Waals surface area contributed by atoms with Crippen molar-refractivity contribution >= 4 is 46.0 Å². The van der Waals surface area contributed by atoms with Crippen molar-refractivity contribution in [3.8, 4) is 5.75 Å². The maximum absolute atomic E-state index is 6.34. The average molecular weight is 452 g/mol. The van der Waals surface area contributed by atoms with E-state index < -0.39 is 0 Å². The van der Waals surface area contributed by atoms with Gasteiger partial charge in [-0.25, -0.2) is 0 Å². The van der Waals surface area contributed by atoms with Crippen LogP contribution in [-0.4, -0.2) is 37.5 Å². The van der Waals surface area contributed by atoms with Gasteiger partial charge in [0, 0.05) is 16.7 Å². The van der Waals surface area contributed by atoms with Gasteiger partial charge in [0.15, 0.2) is 0 Å². The molecule has 23 heavy (non-hydrogen) atoms. The third-order valence-corrected chi connectivity index (χ3v) is 4.50. The molecule has 3 rings (SSSR count). The van der Waals surface area contributed by atoms with Gasteiger partial charge in [0.1, 0.15) is 11.9 Å². The first-order chi connectivity index (χ1) is 10.4. The largest absolute Gasteiger partial charge is 4.00 e. The zero-order valence-electron chi connectivity index (χ0n) is 13.0. The Labute approximate surface area is 164 Å². The summed E-state index contributed by atoms with van der Waals surface area (Å²) in [6.45, 7) is 0.938. The average Bonchev–Trinajstić information content (AvgIpc) is 3.06. The van der Waals surface area contributed by atoms with Gasteiger partial charge >= 0.3 is 23.9 Å². The van der Waals surface area contributed by atoms with Crippen LogP contribution in [-0.2, 0) is 0 Å². The molecule has 1 heterocycles. The van der Waals surface area contributed by atoms with Gasteiger partial charge in [0.25, 0.3) is 0 Å². The van der Waals surface area contributed by atoms with Crippen molar-refractivity contribution in [3.05, 3.63) is 64.9 Å². The quantitative estimate of drug-likeness (QED) is 0.570. The fourth-order valence-electron chi connectivity index (χ4n) is 2.46. The summed E-state index contributed by atoms with van der Waals surface area (Å²) < 4.78 is 6.34. The van der Waals surface area contributed by atoms with Crippen LogP contribution >= 0.6 is 11.3 Å². The van der Waals surface area contributed by atoms with E-state index in [1.165, 1.54) is 15.6 Å². The second-order valence-electron chi connectivity index (χ2n) is 4.99. The summed E-state index contributed by atoms with van der Waals surface area (Å²) in [6, 6.07) is 18.8. The second kappa shape index (κ2) is 10.2. The van der Waals surface area contributed by atoms with Crippen LogP contribution < -0.4 is 22.5 Å². The van der Waals surface area contributed by atoms with E-state index in [1.807, 2.05) is 7.05 Å². The minimum atomic E-state index is 0. The molecule has 5 heteroatoms. The maximum atomic E-state index is 6.34. The molecule has 2 nitrogen and oxygen atoms in total. The first-order valence-corrected chi connectivity index (χ1v) is 8.09. The minimum absolute atomic E-state index is 0. The monoisotopic (exact) mass is 452 g/mol. The first-order valence-electron chi connectivity index (χ1n) is 7.21. The molecule has 116 valence electrons. The predicted molar refractivity (Wildman–Crippen MR) is 95.9 cm³/mol. The van der Waals surface area contributed by atoms with Crippen LogP contribution in [0.25, 0.3) is 10.8 Å². The number of rotatable bonds is 6. The Morgan fingerprint density at radius 3 is 2.57 bits per heavy atom. The van der Waals surface area contributed by atoms with Gasteiger partial charge in [-0.15, -0.1) is 11.3 Å². The van der Waals surface area contributed by atoms with E-state index in [4.69, 9.17) is 4.74 Å². The Hall–Kier alpha value is -0.751. The van der Waals surface area contributed by atoms with E-state index in [-0.39, 0.29) is 42.4 Å². The van der Waals surface area contributed by atoms with Gasteiger partial charge in [-0.3, -0.25) is 0 Å². The molecule has 1 aromatic heterocycles. The van der Waals surface area contributed by atoms with Gasteiger partial charge in [0.05, 0.1) is 0 Å². The number of hydrogen-bond donors (Lipinski definition) is 1. The van der Waals surface area contributed by atoms with Crippen molar-refractivity contribution in [1.82, 2.24) is 5.32 Å². The normalized spacial score (nSPS) is 11.3. The minimum Gasteiger partial charge on any atom is -1.00 e. The molecule has 0 spiro atoms. The third-order valence-electron chi connectivity index (χ3n) is 3.54. The first kappa shape index (κ1) is 20.3. The Kier molecular flexibility index (Phi) is 8.99. The molecule has 0 fully saturated rings. The molecule has 0 radical (unpaired) electrons. The predicted octanol–water partition coefficient (Wildman–Crippen LogP) is 1.25. The number of benzene rings is 2. The van der Waals surface area contributed by atoms with Crippen molar-refractivity contribution < 1.29 is 17.1 Å². The number of nitrogens with one attached hydrogen (secondary N) is 1. The molecule has 2 aromatic carbocycles. The van der Waals surface area contributed by atoms with E-state index in [0.717, 1.165) is 18.7 Å². The molecule has 0 amide bonds.